The molecule has 0 saturated carbocycles. The van der Waals surface area contributed by atoms with Crippen LogP contribution in [0.5, 0.6) is 5.75 Å². The summed E-state index contributed by atoms with van der Waals surface area (Å²) in [5.41, 5.74) is 6.65. The summed E-state index contributed by atoms with van der Waals surface area (Å²) in [7, 11) is 2.19. The monoisotopic (exact) mass is 249 g/mol. The molecular formula is C14H23N3O. The number of nitrogens with two attached hydrogens (primary N) is 1. The maximum absolute atomic E-state index is 5.75. The van der Waals surface area contributed by atoms with Crippen LogP contribution >= 0.6 is 0 Å². The summed E-state index contributed by atoms with van der Waals surface area (Å²) in [4.78, 5) is 6.70. The highest BCUT2D eigenvalue weighted by atomic mass is 16.5. The van der Waals surface area contributed by atoms with Gasteiger partial charge in [0.05, 0.1) is 18.5 Å². The molecule has 4 nitrogen and oxygen atoms in total. The lowest BCUT2D eigenvalue weighted by atomic mass is 10.1. The number of hydrogen-bond acceptors (Lipinski definition) is 4. The maximum atomic E-state index is 5.75. The van der Waals surface area contributed by atoms with Crippen molar-refractivity contribution in [3.8, 4) is 5.75 Å². The van der Waals surface area contributed by atoms with Gasteiger partial charge in [0.2, 0.25) is 0 Å². The predicted molar refractivity (Wildman–Crippen MR) is 72.6 cm³/mol. The fraction of sp³-hybridized carbons (Fsp3) is 0.643. The van der Waals surface area contributed by atoms with Crippen LogP contribution in [0.3, 0.4) is 0 Å². The van der Waals surface area contributed by atoms with Crippen LogP contribution in [0.25, 0.3) is 0 Å². The molecule has 18 heavy (non-hydrogen) atoms. The minimum Gasteiger partial charge on any atom is -0.492 e. The van der Waals surface area contributed by atoms with E-state index in [0.29, 0.717) is 6.04 Å². The number of likely N-dealkylation sites (tertiary alicyclic amines) is 1. The van der Waals surface area contributed by atoms with E-state index in [4.69, 9.17) is 10.5 Å². The van der Waals surface area contributed by atoms with Gasteiger partial charge in [-0.1, -0.05) is 0 Å². The highest BCUT2D eigenvalue weighted by molar-refractivity contribution is 5.21. The van der Waals surface area contributed by atoms with Gasteiger partial charge >= 0.3 is 0 Å². The van der Waals surface area contributed by atoms with E-state index in [-0.39, 0.29) is 6.04 Å². The largest absolute Gasteiger partial charge is 0.492 e. The summed E-state index contributed by atoms with van der Waals surface area (Å²) in [6.07, 6.45) is 5.45. The highest BCUT2D eigenvalue weighted by Gasteiger charge is 2.20. The molecule has 1 fully saturated rings. The quantitative estimate of drug-likeness (QED) is 0.866. The number of nitrogens with zero attached hydrogens (tertiary/aromatic N) is 2. The van der Waals surface area contributed by atoms with Gasteiger partial charge in [0.15, 0.2) is 0 Å². The van der Waals surface area contributed by atoms with Gasteiger partial charge in [0.1, 0.15) is 5.75 Å². The molecule has 0 bridgehead atoms. The molecule has 2 atom stereocenters. The molecule has 1 saturated heterocycles. The van der Waals surface area contributed by atoms with E-state index in [2.05, 4.69) is 16.9 Å². The number of pyridine rings is 1. The molecule has 2 heterocycles. The smallest absolute Gasteiger partial charge is 0.137 e. The van der Waals surface area contributed by atoms with Gasteiger partial charge in [-0.15, -0.1) is 0 Å². The Morgan fingerprint density at radius 3 is 2.94 bits per heavy atom. The van der Waals surface area contributed by atoms with Crippen molar-refractivity contribution in [2.75, 3.05) is 20.2 Å². The van der Waals surface area contributed by atoms with Crippen molar-refractivity contribution < 1.29 is 4.74 Å². The van der Waals surface area contributed by atoms with Crippen LogP contribution in [0.1, 0.15) is 37.9 Å². The molecule has 2 N–H and O–H groups in total. The van der Waals surface area contributed by atoms with Crippen LogP contribution in [0.4, 0.5) is 0 Å². The first-order chi connectivity index (χ1) is 8.66. The van der Waals surface area contributed by atoms with Gasteiger partial charge in [-0.3, -0.25) is 4.98 Å². The van der Waals surface area contributed by atoms with Crippen molar-refractivity contribution in [2.45, 2.75) is 38.3 Å². The van der Waals surface area contributed by atoms with Crippen LogP contribution < -0.4 is 10.5 Å². The predicted octanol–water partition coefficient (Wildman–Crippen LogP) is 1.96. The maximum Gasteiger partial charge on any atom is 0.137 e. The van der Waals surface area contributed by atoms with Gasteiger partial charge in [0, 0.05) is 12.1 Å². The first-order valence-corrected chi connectivity index (χ1v) is 6.71. The number of rotatable bonds is 5. The Hall–Kier alpha value is -1.13. The Kier molecular flexibility index (Phi) is 4.55. The first kappa shape index (κ1) is 13.3. The van der Waals surface area contributed by atoms with E-state index < -0.39 is 0 Å². The molecule has 2 rings (SSSR count). The van der Waals surface area contributed by atoms with Crippen molar-refractivity contribution in [3.05, 3.63) is 24.0 Å². The topological polar surface area (TPSA) is 51.4 Å². The second-order valence-electron chi connectivity index (χ2n) is 5.12. The molecular weight excluding hydrogens is 226 g/mol. The van der Waals surface area contributed by atoms with E-state index in [1.54, 1.807) is 6.20 Å². The lowest BCUT2D eigenvalue weighted by Gasteiger charge is -2.19. The molecule has 4 heteroatoms. The van der Waals surface area contributed by atoms with E-state index in [0.717, 1.165) is 24.5 Å². The van der Waals surface area contributed by atoms with E-state index in [9.17, 15) is 0 Å². The fourth-order valence-corrected chi connectivity index (χ4v) is 2.40. The Labute approximate surface area is 109 Å². The van der Waals surface area contributed by atoms with Crippen molar-refractivity contribution >= 4 is 0 Å². The zero-order valence-corrected chi connectivity index (χ0v) is 11.3. The molecule has 1 aromatic rings. The lowest BCUT2D eigenvalue weighted by Crippen LogP contribution is -2.26. The number of ether oxygens (including phenoxy) is 1. The molecule has 1 aromatic heterocycles. The van der Waals surface area contributed by atoms with Crippen molar-refractivity contribution in [2.24, 2.45) is 5.73 Å². The van der Waals surface area contributed by atoms with Crippen molar-refractivity contribution in [1.29, 1.82) is 0 Å². The summed E-state index contributed by atoms with van der Waals surface area (Å²) in [5, 5.41) is 0. The highest BCUT2D eigenvalue weighted by Crippen LogP contribution is 2.19. The second-order valence-corrected chi connectivity index (χ2v) is 5.12. The molecule has 1 unspecified atom stereocenters. The van der Waals surface area contributed by atoms with Crippen molar-refractivity contribution in [1.82, 2.24) is 9.88 Å². The van der Waals surface area contributed by atoms with Crippen LogP contribution in [-0.2, 0) is 0 Å². The number of hydrogen-bond donors (Lipinski definition) is 1. The Balaban J connectivity index is 1.76. The third-order valence-corrected chi connectivity index (χ3v) is 3.62. The zero-order chi connectivity index (χ0) is 13.0. The van der Waals surface area contributed by atoms with Gasteiger partial charge < -0.3 is 15.4 Å². The summed E-state index contributed by atoms with van der Waals surface area (Å²) in [6.45, 7) is 3.91. The number of aromatic nitrogens is 1. The second kappa shape index (κ2) is 6.16. The van der Waals surface area contributed by atoms with Crippen LogP contribution in [0.15, 0.2) is 18.3 Å². The van der Waals surface area contributed by atoms with Gasteiger partial charge in [-0.25, -0.2) is 0 Å². The van der Waals surface area contributed by atoms with Crippen LogP contribution in [0.2, 0.25) is 0 Å². The molecule has 1 aliphatic rings. The zero-order valence-electron chi connectivity index (χ0n) is 11.3. The Morgan fingerprint density at radius 2 is 2.39 bits per heavy atom. The van der Waals surface area contributed by atoms with Gasteiger partial charge in [0.25, 0.3) is 0 Å². The summed E-state index contributed by atoms with van der Waals surface area (Å²) < 4.78 is 5.72. The van der Waals surface area contributed by atoms with E-state index >= 15 is 0 Å². The Bertz CT molecular complexity index is 364. The molecule has 0 radical (unpaired) electrons. The summed E-state index contributed by atoms with van der Waals surface area (Å²) in [5.74, 6) is 0.833. The minimum atomic E-state index is -0.0220. The lowest BCUT2D eigenvalue weighted by molar-refractivity contribution is 0.233. The third kappa shape index (κ3) is 3.43. The normalized spacial score (nSPS) is 22.1. The average Bonchev–Trinajstić information content (AvgIpc) is 2.76. The molecule has 0 aromatic carbocycles. The summed E-state index contributed by atoms with van der Waals surface area (Å²) in [6, 6.07) is 4.54. The van der Waals surface area contributed by atoms with E-state index in [1.165, 1.54) is 19.4 Å². The standard InChI is InChI=1S/C14H23N3O/c1-11(15)14-6-5-13(10-16-14)18-9-7-12-4-3-8-17(12)2/h5-6,10-12H,3-4,7-9,15H2,1-2H3/t11-,12?/m1/s1. The fourth-order valence-electron chi connectivity index (χ4n) is 2.40. The molecule has 100 valence electrons. The average molecular weight is 249 g/mol. The first-order valence-electron chi connectivity index (χ1n) is 6.71. The summed E-state index contributed by atoms with van der Waals surface area (Å²) >= 11 is 0. The minimum absolute atomic E-state index is 0.0220. The molecule has 0 spiro atoms. The SMILES string of the molecule is C[C@@H](N)c1ccc(OCCC2CCCN2C)cn1. The van der Waals surface area contributed by atoms with E-state index in [1.807, 2.05) is 19.1 Å². The van der Waals surface area contributed by atoms with Crippen LogP contribution in [0, 0.1) is 0 Å². The third-order valence-electron chi connectivity index (χ3n) is 3.62. The van der Waals surface area contributed by atoms with Gasteiger partial charge in [-0.2, -0.15) is 0 Å². The van der Waals surface area contributed by atoms with Gasteiger partial charge in [-0.05, 0) is 51.9 Å². The molecule has 0 aliphatic carbocycles. The Morgan fingerprint density at radius 1 is 1.56 bits per heavy atom. The van der Waals surface area contributed by atoms with Crippen molar-refractivity contribution in [3.63, 3.8) is 0 Å². The molecule has 0 amide bonds. The van der Waals surface area contributed by atoms with Crippen LogP contribution in [-0.4, -0.2) is 36.1 Å². The molecule has 1 aliphatic heterocycles.